The Morgan fingerprint density at radius 1 is 1.18 bits per heavy atom. The average molecular weight is 303 g/mol. The highest BCUT2D eigenvalue weighted by Crippen LogP contribution is 2.34. The van der Waals surface area contributed by atoms with Gasteiger partial charge in [-0.2, -0.15) is 5.10 Å². The Kier molecular flexibility index (Phi) is 5.08. The number of nitrogens with zero attached hydrogens (tertiary/aromatic N) is 2. The zero-order chi connectivity index (χ0) is 16.3. The maximum atomic E-state index is 6.06. The summed E-state index contributed by atoms with van der Waals surface area (Å²) >= 11 is 0. The van der Waals surface area contributed by atoms with E-state index < -0.39 is 0 Å². The van der Waals surface area contributed by atoms with Gasteiger partial charge in [0, 0.05) is 36.8 Å². The predicted octanol–water partition coefficient (Wildman–Crippen LogP) is 2.65. The van der Waals surface area contributed by atoms with Gasteiger partial charge in [-0.25, -0.2) is 0 Å². The highest BCUT2D eigenvalue weighted by atomic mass is 16.5. The first-order valence-electron chi connectivity index (χ1n) is 7.47. The molecule has 2 aromatic rings. The van der Waals surface area contributed by atoms with E-state index in [-0.39, 0.29) is 5.92 Å². The summed E-state index contributed by atoms with van der Waals surface area (Å²) < 4.78 is 12.7. The van der Waals surface area contributed by atoms with Gasteiger partial charge in [0.15, 0.2) is 0 Å². The van der Waals surface area contributed by atoms with Gasteiger partial charge < -0.3 is 15.2 Å². The second kappa shape index (κ2) is 6.83. The lowest BCUT2D eigenvalue weighted by Crippen LogP contribution is -2.17. The fraction of sp³-hybridized carbons (Fsp3) is 0.471. The maximum Gasteiger partial charge on any atom is 0.126 e. The van der Waals surface area contributed by atoms with E-state index in [0.29, 0.717) is 12.5 Å². The third-order valence-corrected chi connectivity index (χ3v) is 3.94. The lowest BCUT2D eigenvalue weighted by molar-refractivity contribution is 0.389. The molecule has 5 heteroatoms. The summed E-state index contributed by atoms with van der Waals surface area (Å²) in [6.45, 7) is 4.76. The van der Waals surface area contributed by atoms with Crippen LogP contribution in [-0.2, 0) is 7.05 Å². The molecule has 2 rings (SSSR count). The summed E-state index contributed by atoms with van der Waals surface area (Å²) in [6.07, 6.45) is 0. The Labute approximate surface area is 132 Å². The molecule has 1 heterocycles. The summed E-state index contributed by atoms with van der Waals surface area (Å²) in [6, 6.07) is 7.96. The normalized spacial score (nSPS) is 12.5. The molecule has 5 nitrogen and oxygen atoms in total. The van der Waals surface area contributed by atoms with Crippen molar-refractivity contribution in [2.24, 2.45) is 12.8 Å². The Morgan fingerprint density at radius 3 is 2.41 bits per heavy atom. The van der Waals surface area contributed by atoms with Crippen LogP contribution in [0.15, 0.2) is 24.3 Å². The number of rotatable bonds is 6. The van der Waals surface area contributed by atoms with Crippen LogP contribution in [0.2, 0.25) is 0 Å². The van der Waals surface area contributed by atoms with Crippen molar-refractivity contribution in [2.45, 2.75) is 25.7 Å². The van der Waals surface area contributed by atoms with Gasteiger partial charge in [0.1, 0.15) is 11.5 Å². The molecule has 0 saturated carbocycles. The van der Waals surface area contributed by atoms with Crippen LogP contribution in [0.3, 0.4) is 0 Å². The molecule has 0 bridgehead atoms. The summed E-state index contributed by atoms with van der Waals surface area (Å²) in [5, 5.41) is 4.59. The smallest absolute Gasteiger partial charge is 0.126 e. The first-order valence-corrected chi connectivity index (χ1v) is 7.47. The van der Waals surface area contributed by atoms with E-state index in [1.807, 2.05) is 29.9 Å². The summed E-state index contributed by atoms with van der Waals surface area (Å²) in [7, 11) is 5.26. The van der Waals surface area contributed by atoms with E-state index in [4.69, 9.17) is 15.2 Å². The van der Waals surface area contributed by atoms with Crippen molar-refractivity contribution in [2.75, 3.05) is 20.8 Å². The third kappa shape index (κ3) is 3.09. The van der Waals surface area contributed by atoms with Crippen molar-refractivity contribution in [1.29, 1.82) is 0 Å². The monoisotopic (exact) mass is 303 g/mol. The van der Waals surface area contributed by atoms with Gasteiger partial charge in [0.05, 0.1) is 19.9 Å². The van der Waals surface area contributed by atoms with Gasteiger partial charge in [0.2, 0.25) is 0 Å². The minimum atomic E-state index is 0.0332. The van der Waals surface area contributed by atoms with Gasteiger partial charge in [0.25, 0.3) is 0 Å². The molecule has 0 aliphatic rings. The first-order chi connectivity index (χ1) is 10.5. The van der Waals surface area contributed by atoms with E-state index >= 15 is 0 Å². The minimum absolute atomic E-state index is 0.0332. The highest BCUT2D eigenvalue weighted by Gasteiger charge is 2.22. The zero-order valence-corrected chi connectivity index (χ0v) is 14.0. The predicted molar refractivity (Wildman–Crippen MR) is 87.7 cm³/mol. The van der Waals surface area contributed by atoms with Crippen molar-refractivity contribution in [3.63, 3.8) is 0 Å². The lowest BCUT2D eigenvalue weighted by atomic mass is 9.93. The molecule has 1 atom stereocenters. The van der Waals surface area contributed by atoms with Crippen LogP contribution in [0.25, 0.3) is 0 Å². The van der Waals surface area contributed by atoms with Crippen molar-refractivity contribution in [3.8, 4) is 11.5 Å². The molecule has 0 saturated heterocycles. The van der Waals surface area contributed by atoms with Crippen LogP contribution in [0.4, 0.5) is 0 Å². The lowest BCUT2D eigenvalue weighted by Gasteiger charge is -2.19. The Morgan fingerprint density at radius 2 is 1.91 bits per heavy atom. The molecule has 0 radical (unpaired) electrons. The summed E-state index contributed by atoms with van der Waals surface area (Å²) in [4.78, 5) is 0. The van der Waals surface area contributed by atoms with E-state index in [9.17, 15) is 0 Å². The van der Waals surface area contributed by atoms with Crippen LogP contribution in [0.5, 0.6) is 11.5 Å². The Balaban J connectivity index is 2.48. The molecule has 1 aromatic carbocycles. The average Bonchev–Trinajstić information content (AvgIpc) is 2.90. The maximum absolute atomic E-state index is 6.06. The number of nitrogens with two attached hydrogens (primary N) is 1. The number of aryl methyl sites for hydroxylation is 1. The summed E-state index contributed by atoms with van der Waals surface area (Å²) in [5.41, 5.74) is 9.27. The highest BCUT2D eigenvalue weighted by molar-refractivity contribution is 5.46. The van der Waals surface area contributed by atoms with Crippen LogP contribution in [0, 0.1) is 0 Å². The van der Waals surface area contributed by atoms with E-state index in [0.717, 1.165) is 28.5 Å². The third-order valence-electron chi connectivity index (χ3n) is 3.94. The van der Waals surface area contributed by atoms with Crippen molar-refractivity contribution in [3.05, 3.63) is 41.2 Å². The van der Waals surface area contributed by atoms with Gasteiger partial charge in [-0.1, -0.05) is 19.9 Å². The molecule has 0 amide bonds. The molecule has 120 valence electrons. The van der Waals surface area contributed by atoms with Gasteiger partial charge in [-0.05, 0) is 18.1 Å². The molecular formula is C17H25N3O2. The second-order valence-corrected chi connectivity index (χ2v) is 5.67. The van der Waals surface area contributed by atoms with Crippen molar-refractivity contribution in [1.82, 2.24) is 9.78 Å². The van der Waals surface area contributed by atoms with Crippen LogP contribution >= 0.6 is 0 Å². The molecule has 1 unspecified atom stereocenters. The first kappa shape index (κ1) is 16.4. The molecular weight excluding hydrogens is 278 g/mol. The second-order valence-electron chi connectivity index (χ2n) is 5.67. The number of ether oxygens (including phenoxy) is 2. The molecule has 0 aliphatic heterocycles. The fourth-order valence-corrected chi connectivity index (χ4v) is 2.63. The quantitative estimate of drug-likeness (QED) is 0.891. The Hall–Kier alpha value is -2.01. The molecule has 2 N–H and O–H groups in total. The van der Waals surface area contributed by atoms with Crippen molar-refractivity contribution < 1.29 is 9.47 Å². The number of aromatic nitrogens is 2. The van der Waals surface area contributed by atoms with E-state index in [1.54, 1.807) is 14.2 Å². The van der Waals surface area contributed by atoms with Gasteiger partial charge in [-0.15, -0.1) is 0 Å². The van der Waals surface area contributed by atoms with Gasteiger partial charge in [-0.3, -0.25) is 4.68 Å². The SMILES string of the molecule is COc1ccc(C(CN)c2cc(C(C)C)nn2C)c(OC)c1. The number of benzene rings is 1. The molecule has 0 aliphatic carbocycles. The number of hydrogen-bond acceptors (Lipinski definition) is 4. The van der Waals surface area contributed by atoms with Gasteiger partial charge >= 0.3 is 0 Å². The fourth-order valence-electron chi connectivity index (χ4n) is 2.63. The molecule has 1 aromatic heterocycles. The van der Waals surface area contributed by atoms with Crippen LogP contribution in [-0.4, -0.2) is 30.5 Å². The standard InChI is InChI=1S/C17H25N3O2/c1-11(2)15-9-16(20(3)19-15)14(10-18)13-7-6-12(21-4)8-17(13)22-5/h6-9,11,14H,10,18H2,1-5H3. The summed E-state index contributed by atoms with van der Waals surface area (Å²) in [5.74, 6) is 1.97. The largest absolute Gasteiger partial charge is 0.497 e. The number of methoxy groups -OCH3 is 2. The van der Waals surface area contributed by atoms with Crippen molar-refractivity contribution >= 4 is 0 Å². The zero-order valence-electron chi connectivity index (χ0n) is 14.0. The molecule has 0 spiro atoms. The number of hydrogen-bond donors (Lipinski definition) is 1. The topological polar surface area (TPSA) is 62.3 Å². The minimum Gasteiger partial charge on any atom is -0.497 e. The molecule has 0 fully saturated rings. The molecule has 22 heavy (non-hydrogen) atoms. The van der Waals surface area contributed by atoms with Crippen LogP contribution in [0.1, 0.15) is 42.6 Å². The van der Waals surface area contributed by atoms with Crippen LogP contribution < -0.4 is 15.2 Å². The van der Waals surface area contributed by atoms with E-state index in [1.165, 1.54) is 0 Å². The van der Waals surface area contributed by atoms with E-state index in [2.05, 4.69) is 25.0 Å². The Bertz CT molecular complexity index is 635.